The summed E-state index contributed by atoms with van der Waals surface area (Å²) >= 11 is 1.74. The number of guanidine groups is 1. The van der Waals surface area contributed by atoms with Gasteiger partial charge in [0.2, 0.25) is 0 Å². The molecule has 1 aromatic carbocycles. The highest BCUT2D eigenvalue weighted by atomic mass is 32.2. The Balaban J connectivity index is 1.55. The van der Waals surface area contributed by atoms with Gasteiger partial charge in [-0.1, -0.05) is 0 Å². The predicted octanol–water partition coefficient (Wildman–Crippen LogP) is 2.51. The number of aliphatic imine (C=N–C) groups is 1. The summed E-state index contributed by atoms with van der Waals surface area (Å²) in [4.78, 5) is 5.32. The van der Waals surface area contributed by atoms with Crippen LogP contribution in [0.5, 0.6) is 0 Å². The Bertz CT molecular complexity index is 461. The summed E-state index contributed by atoms with van der Waals surface area (Å²) in [5.41, 5.74) is 0. The molecule has 1 saturated heterocycles. The van der Waals surface area contributed by atoms with E-state index in [2.05, 4.69) is 15.6 Å². The van der Waals surface area contributed by atoms with Gasteiger partial charge in [0.25, 0.3) is 0 Å². The van der Waals surface area contributed by atoms with Crippen LogP contribution in [0.15, 0.2) is 34.2 Å². The van der Waals surface area contributed by atoms with E-state index in [1.807, 2.05) is 12.1 Å². The van der Waals surface area contributed by atoms with Gasteiger partial charge in [-0.3, -0.25) is 4.99 Å². The summed E-state index contributed by atoms with van der Waals surface area (Å²) in [6.07, 6.45) is 2.15. The minimum Gasteiger partial charge on any atom is -0.381 e. The van der Waals surface area contributed by atoms with Crippen LogP contribution in [-0.4, -0.2) is 45.1 Å². The maximum Gasteiger partial charge on any atom is 0.190 e. The minimum atomic E-state index is -0.187. The van der Waals surface area contributed by atoms with Crippen LogP contribution in [0.2, 0.25) is 0 Å². The molecule has 1 atom stereocenters. The number of hydrogen-bond donors (Lipinski definition) is 2. The van der Waals surface area contributed by atoms with Crippen molar-refractivity contribution >= 4 is 17.7 Å². The van der Waals surface area contributed by atoms with Crippen LogP contribution in [-0.2, 0) is 4.74 Å². The van der Waals surface area contributed by atoms with Crippen molar-refractivity contribution in [2.45, 2.75) is 17.7 Å². The zero-order valence-corrected chi connectivity index (χ0v) is 13.8. The standard InChI is InChI=1S/C16H24FN3OS/c1-18-16(20-11-13-7-9-21-12-13)19-8-2-10-22-15-5-3-14(17)4-6-15/h3-6,13H,2,7-12H2,1H3,(H2,18,19,20). The number of rotatable bonds is 7. The van der Waals surface area contributed by atoms with Crippen LogP contribution in [0.25, 0.3) is 0 Å². The van der Waals surface area contributed by atoms with Crippen LogP contribution < -0.4 is 10.6 Å². The summed E-state index contributed by atoms with van der Waals surface area (Å²) in [5, 5.41) is 6.65. The minimum absolute atomic E-state index is 0.187. The Hall–Kier alpha value is -1.27. The first kappa shape index (κ1) is 17.1. The molecule has 122 valence electrons. The summed E-state index contributed by atoms with van der Waals surface area (Å²) in [6, 6.07) is 6.63. The van der Waals surface area contributed by atoms with Gasteiger partial charge in [0.1, 0.15) is 5.82 Å². The molecule has 4 nitrogen and oxygen atoms in total. The molecule has 2 N–H and O–H groups in total. The molecule has 0 aliphatic carbocycles. The third-order valence-corrected chi connectivity index (χ3v) is 4.60. The van der Waals surface area contributed by atoms with E-state index in [9.17, 15) is 4.39 Å². The average Bonchev–Trinajstić information content (AvgIpc) is 3.05. The lowest BCUT2D eigenvalue weighted by molar-refractivity contribution is 0.186. The van der Waals surface area contributed by atoms with Crippen molar-refractivity contribution in [2.24, 2.45) is 10.9 Å². The molecule has 6 heteroatoms. The smallest absolute Gasteiger partial charge is 0.190 e. The zero-order chi connectivity index (χ0) is 15.6. The maximum absolute atomic E-state index is 12.8. The van der Waals surface area contributed by atoms with Gasteiger partial charge in [-0.15, -0.1) is 11.8 Å². The Kier molecular flexibility index (Phi) is 7.53. The van der Waals surface area contributed by atoms with Crippen LogP contribution in [0.3, 0.4) is 0 Å². The van der Waals surface area contributed by atoms with Crippen molar-refractivity contribution in [3.63, 3.8) is 0 Å². The van der Waals surface area contributed by atoms with Gasteiger partial charge in [-0.2, -0.15) is 0 Å². The first-order chi connectivity index (χ1) is 10.8. The highest BCUT2D eigenvalue weighted by molar-refractivity contribution is 7.99. The zero-order valence-electron chi connectivity index (χ0n) is 13.0. The van der Waals surface area contributed by atoms with E-state index in [4.69, 9.17) is 4.74 Å². The van der Waals surface area contributed by atoms with Crippen molar-refractivity contribution in [2.75, 3.05) is 39.1 Å². The van der Waals surface area contributed by atoms with E-state index < -0.39 is 0 Å². The molecule has 0 spiro atoms. The lowest BCUT2D eigenvalue weighted by Crippen LogP contribution is -2.40. The fourth-order valence-corrected chi connectivity index (χ4v) is 3.06. The Morgan fingerprint density at radius 3 is 2.86 bits per heavy atom. The molecule has 1 aliphatic rings. The molecule has 2 rings (SSSR count). The molecule has 1 heterocycles. The van der Waals surface area contributed by atoms with Crippen molar-refractivity contribution < 1.29 is 9.13 Å². The Labute approximate surface area is 135 Å². The normalized spacial score (nSPS) is 18.5. The van der Waals surface area contributed by atoms with Crippen LogP contribution in [0.1, 0.15) is 12.8 Å². The molecule has 0 radical (unpaired) electrons. The second-order valence-electron chi connectivity index (χ2n) is 5.27. The molecule has 0 saturated carbocycles. The van der Waals surface area contributed by atoms with Gasteiger partial charge in [-0.25, -0.2) is 4.39 Å². The number of ether oxygens (including phenoxy) is 1. The van der Waals surface area contributed by atoms with E-state index in [0.29, 0.717) is 5.92 Å². The van der Waals surface area contributed by atoms with Crippen molar-refractivity contribution in [3.05, 3.63) is 30.1 Å². The SMILES string of the molecule is CN=C(NCCCSc1ccc(F)cc1)NCC1CCOC1. The molecule has 0 bridgehead atoms. The highest BCUT2D eigenvalue weighted by Gasteiger charge is 2.15. The van der Waals surface area contributed by atoms with Gasteiger partial charge < -0.3 is 15.4 Å². The lowest BCUT2D eigenvalue weighted by atomic mass is 10.1. The third kappa shape index (κ3) is 6.23. The first-order valence-electron chi connectivity index (χ1n) is 7.68. The van der Waals surface area contributed by atoms with E-state index in [-0.39, 0.29) is 5.82 Å². The Morgan fingerprint density at radius 2 is 2.18 bits per heavy atom. The lowest BCUT2D eigenvalue weighted by Gasteiger charge is -2.14. The Morgan fingerprint density at radius 1 is 1.36 bits per heavy atom. The van der Waals surface area contributed by atoms with Crippen molar-refractivity contribution in [1.29, 1.82) is 0 Å². The van der Waals surface area contributed by atoms with E-state index >= 15 is 0 Å². The van der Waals surface area contributed by atoms with Gasteiger partial charge >= 0.3 is 0 Å². The number of benzene rings is 1. The number of thioether (sulfide) groups is 1. The first-order valence-corrected chi connectivity index (χ1v) is 8.67. The number of nitrogens with zero attached hydrogens (tertiary/aromatic N) is 1. The van der Waals surface area contributed by atoms with E-state index in [1.54, 1.807) is 18.8 Å². The van der Waals surface area contributed by atoms with E-state index in [0.717, 1.165) is 55.8 Å². The molecule has 1 unspecified atom stereocenters. The van der Waals surface area contributed by atoms with Crippen molar-refractivity contribution in [1.82, 2.24) is 10.6 Å². The molecule has 22 heavy (non-hydrogen) atoms. The molecule has 1 fully saturated rings. The fraction of sp³-hybridized carbons (Fsp3) is 0.562. The maximum atomic E-state index is 12.8. The van der Waals surface area contributed by atoms with Gasteiger partial charge in [-0.05, 0) is 42.9 Å². The quantitative estimate of drug-likeness (QED) is 0.350. The third-order valence-electron chi connectivity index (χ3n) is 3.50. The summed E-state index contributed by atoms with van der Waals surface area (Å²) in [7, 11) is 1.79. The molecule has 0 aromatic heterocycles. The molecular formula is C16H24FN3OS. The van der Waals surface area contributed by atoms with Crippen LogP contribution >= 0.6 is 11.8 Å². The molecular weight excluding hydrogens is 301 g/mol. The van der Waals surface area contributed by atoms with Gasteiger partial charge in [0, 0.05) is 37.6 Å². The summed E-state index contributed by atoms with van der Waals surface area (Å²) in [6.45, 7) is 3.50. The second kappa shape index (κ2) is 9.69. The largest absolute Gasteiger partial charge is 0.381 e. The number of halogens is 1. The van der Waals surface area contributed by atoms with E-state index in [1.165, 1.54) is 12.1 Å². The van der Waals surface area contributed by atoms with Gasteiger partial charge in [0.05, 0.1) is 6.61 Å². The number of nitrogens with one attached hydrogen (secondary N) is 2. The van der Waals surface area contributed by atoms with Crippen LogP contribution in [0, 0.1) is 11.7 Å². The number of hydrogen-bond acceptors (Lipinski definition) is 3. The molecule has 0 amide bonds. The molecule has 1 aliphatic heterocycles. The summed E-state index contributed by atoms with van der Waals surface area (Å²) in [5.74, 6) is 2.24. The van der Waals surface area contributed by atoms with Crippen molar-refractivity contribution in [3.8, 4) is 0 Å². The monoisotopic (exact) mass is 325 g/mol. The molecule has 1 aromatic rings. The highest BCUT2D eigenvalue weighted by Crippen LogP contribution is 2.18. The topological polar surface area (TPSA) is 45.7 Å². The predicted molar refractivity (Wildman–Crippen MR) is 90.0 cm³/mol. The second-order valence-corrected chi connectivity index (χ2v) is 6.43. The van der Waals surface area contributed by atoms with Gasteiger partial charge in [0.15, 0.2) is 5.96 Å². The fourth-order valence-electron chi connectivity index (χ4n) is 2.21. The average molecular weight is 325 g/mol. The summed E-state index contributed by atoms with van der Waals surface area (Å²) < 4.78 is 18.2. The van der Waals surface area contributed by atoms with Crippen LogP contribution in [0.4, 0.5) is 4.39 Å².